The Morgan fingerprint density at radius 2 is 1.67 bits per heavy atom. The molecule has 1 aliphatic rings. The SMILES string of the molecule is C[NH+]1CC[NH+](Cc2ccc(N)cc2)CC1. The molecule has 0 amide bonds. The van der Waals surface area contributed by atoms with Crippen LogP contribution in [0.5, 0.6) is 0 Å². The summed E-state index contributed by atoms with van der Waals surface area (Å²) >= 11 is 0. The summed E-state index contributed by atoms with van der Waals surface area (Å²) < 4.78 is 0. The number of rotatable bonds is 2. The molecule has 0 saturated carbocycles. The molecule has 1 aliphatic heterocycles. The molecule has 0 unspecified atom stereocenters. The largest absolute Gasteiger partial charge is 0.399 e. The van der Waals surface area contributed by atoms with Crippen molar-refractivity contribution in [2.75, 3.05) is 39.0 Å². The molecular weight excluding hydrogens is 186 g/mol. The van der Waals surface area contributed by atoms with Crippen LogP contribution >= 0.6 is 0 Å². The normalized spacial score (nSPS) is 26.5. The molecular formula is C12H21N3+2. The molecule has 1 aromatic carbocycles. The summed E-state index contributed by atoms with van der Waals surface area (Å²) in [4.78, 5) is 3.36. The summed E-state index contributed by atoms with van der Waals surface area (Å²) in [6.45, 7) is 6.31. The minimum absolute atomic E-state index is 0.858. The summed E-state index contributed by atoms with van der Waals surface area (Å²) in [6.07, 6.45) is 0. The van der Waals surface area contributed by atoms with E-state index < -0.39 is 0 Å². The zero-order chi connectivity index (χ0) is 10.7. The Morgan fingerprint density at radius 3 is 2.27 bits per heavy atom. The van der Waals surface area contributed by atoms with Gasteiger partial charge in [0.1, 0.15) is 32.7 Å². The molecule has 3 heteroatoms. The lowest BCUT2D eigenvalue weighted by atomic mass is 10.2. The number of nitrogens with two attached hydrogens (primary N) is 1. The average Bonchev–Trinajstić information content (AvgIpc) is 2.25. The maximum absolute atomic E-state index is 5.67. The maximum atomic E-state index is 5.67. The van der Waals surface area contributed by atoms with Crippen molar-refractivity contribution in [3.63, 3.8) is 0 Å². The number of hydrogen-bond acceptors (Lipinski definition) is 1. The third-order valence-corrected chi connectivity index (χ3v) is 3.24. The van der Waals surface area contributed by atoms with Crippen LogP contribution in [0.1, 0.15) is 5.56 Å². The van der Waals surface area contributed by atoms with Gasteiger partial charge >= 0.3 is 0 Å². The smallest absolute Gasteiger partial charge is 0.127 e. The van der Waals surface area contributed by atoms with Crippen molar-refractivity contribution >= 4 is 5.69 Å². The first-order valence-corrected chi connectivity index (χ1v) is 5.73. The Kier molecular flexibility index (Phi) is 3.23. The number of hydrogen-bond donors (Lipinski definition) is 3. The van der Waals surface area contributed by atoms with Gasteiger partial charge in [0.15, 0.2) is 0 Å². The first-order chi connectivity index (χ1) is 7.24. The lowest BCUT2D eigenvalue weighted by Gasteiger charge is -2.27. The van der Waals surface area contributed by atoms with Crippen molar-refractivity contribution < 1.29 is 9.80 Å². The van der Waals surface area contributed by atoms with Crippen LogP contribution in [0.2, 0.25) is 0 Å². The van der Waals surface area contributed by atoms with E-state index in [4.69, 9.17) is 5.73 Å². The van der Waals surface area contributed by atoms with Crippen molar-refractivity contribution in [2.45, 2.75) is 6.54 Å². The van der Waals surface area contributed by atoms with E-state index >= 15 is 0 Å². The van der Waals surface area contributed by atoms with Crippen LogP contribution in [0.4, 0.5) is 5.69 Å². The molecule has 0 radical (unpaired) electrons. The predicted molar refractivity (Wildman–Crippen MR) is 61.9 cm³/mol. The third-order valence-electron chi connectivity index (χ3n) is 3.24. The lowest BCUT2D eigenvalue weighted by Crippen LogP contribution is -3.26. The van der Waals surface area contributed by atoms with Gasteiger partial charge in [-0.1, -0.05) is 12.1 Å². The second kappa shape index (κ2) is 4.64. The number of anilines is 1. The van der Waals surface area contributed by atoms with Crippen LogP contribution in [0.15, 0.2) is 24.3 Å². The molecule has 0 bridgehead atoms. The monoisotopic (exact) mass is 207 g/mol. The zero-order valence-corrected chi connectivity index (χ0v) is 9.42. The Bertz CT molecular complexity index is 299. The van der Waals surface area contributed by atoms with E-state index in [0.29, 0.717) is 0 Å². The van der Waals surface area contributed by atoms with Gasteiger partial charge in [0.05, 0.1) is 7.05 Å². The highest BCUT2D eigenvalue weighted by Crippen LogP contribution is 2.03. The average molecular weight is 207 g/mol. The quantitative estimate of drug-likeness (QED) is 0.491. The molecule has 1 saturated heterocycles. The highest BCUT2D eigenvalue weighted by molar-refractivity contribution is 5.38. The van der Waals surface area contributed by atoms with Crippen LogP contribution in [-0.4, -0.2) is 33.2 Å². The van der Waals surface area contributed by atoms with Gasteiger partial charge in [-0.3, -0.25) is 0 Å². The highest BCUT2D eigenvalue weighted by atomic mass is 15.2. The number of likely N-dealkylation sites (N-methyl/N-ethyl adjacent to an activating group) is 1. The van der Waals surface area contributed by atoms with Crippen LogP contribution < -0.4 is 15.5 Å². The lowest BCUT2D eigenvalue weighted by molar-refractivity contribution is -1.01. The van der Waals surface area contributed by atoms with Crippen molar-refractivity contribution in [3.8, 4) is 0 Å². The molecule has 4 N–H and O–H groups in total. The van der Waals surface area contributed by atoms with Gasteiger partial charge in [-0.25, -0.2) is 0 Å². The fourth-order valence-electron chi connectivity index (χ4n) is 2.13. The molecule has 0 spiro atoms. The molecule has 15 heavy (non-hydrogen) atoms. The summed E-state index contributed by atoms with van der Waals surface area (Å²) in [7, 11) is 2.28. The summed E-state index contributed by atoms with van der Waals surface area (Å²) in [5.74, 6) is 0. The molecule has 82 valence electrons. The second-order valence-corrected chi connectivity index (χ2v) is 4.63. The maximum Gasteiger partial charge on any atom is 0.127 e. The number of quaternary nitrogens is 2. The second-order valence-electron chi connectivity index (χ2n) is 4.63. The topological polar surface area (TPSA) is 34.9 Å². The van der Waals surface area contributed by atoms with Gasteiger partial charge in [0.2, 0.25) is 0 Å². The van der Waals surface area contributed by atoms with Gasteiger partial charge in [-0.2, -0.15) is 0 Å². The first-order valence-electron chi connectivity index (χ1n) is 5.73. The summed E-state index contributed by atoms with van der Waals surface area (Å²) in [5, 5.41) is 0. The molecule has 1 fully saturated rings. The molecule has 1 aromatic rings. The van der Waals surface area contributed by atoms with Crippen LogP contribution in [-0.2, 0) is 6.54 Å². The first kappa shape index (κ1) is 10.5. The third kappa shape index (κ3) is 2.94. The molecule has 0 aliphatic carbocycles. The van der Waals surface area contributed by atoms with E-state index in [1.165, 1.54) is 31.7 Å². The van der Waals surface area contributed by atoms with Gasteiger partial charge < -0.3 is 15.5 Å². The van der Waals surface area contributed by atoms with Gasteiger partial charge in [0.25, 0.3) is 0 Å². The Labute approximate surface area is 91.5 Å². The minimum atomic E-state index is 0.858. The summed E-state index contributed by atoms with van der Waals surface area (Å²) in [6, 6.07) is 8.28. The molecule has 3 nitrogen and oxygen atoms in total. The van der Waals surface area contributed by atoms with Crippen molar-refractivity contribution in [1.82, 2.24) is 0 Å². The highest BCUT2D eigenvalue weighted by Gasteiger charge is 2.19. The number of piperazine rings is 1. The van der Waals surface area contributed by atoms with Crippen LogP contribution in [0.25, 0.3) is 0 Å². The fraction of sp³-hybridized carbons (Fsp3) is 0.500. The van der Waals surface area contributed by atoms with Crippen LogP contribution in [0.3, 0.4) is 0 Å². The molecule has 0 aromatic heterocycles. The Morgan fingerprint density at radius 1 is 1.07 bits per heavy atom. The Balaban J connectivity index is 1.89. The van der Waals surface area contributed by atoms with Gasteiger partial charge in [-0.15, -0.1) is 0 Å². The number of nitrogens with one attached hydrogen (secondary N) is 2. The molecule has 0 atom stereocenters. The van der Waals surface area contributed by atoms with E-state index in [-0.39, 0.29) is 0 Å². The van der Waals surface area contributed by atoms with E-state index in [2.05, 4.69) is 19.2 Å². The number of benzene rings is 1. The molecule has 1 heterocycles. The van der Waals surface area contributed by atoms with E-state index in [1.54, 1.807) is 9.80 Å². The van der Waals surface area contributed by atoms with Crippen molar-refractivity contribution in [1.29, 1.82) is 0 Å². The van der Waals surface area contributed by atoms with Crippen molar-refractivity contribution in [3.05, 3.63) is 29.8 Å². The van der Waals surface area contributed by atoms with E-state index in [0.717, 1.165) is 12.2 Å². The standard InChI is InChI=1S/C12H19N3/c1-14-6-8-15(9-7-14)10-11-2-4-12(13)5-3-11/h2-5H,6-10,13H2,1H3/p+2. The zero-order valence-electron chi connectivity index (χ0n) is 9.42. The van der Waals surface area contributed by atoms with Crippen LogP contribution in [0, 0.1) is 0 Å². The van der Waals surface area contributed by atoms with Gasteiger partial charge in [0, 0.05) is 11.3 Å². The predicted octanol–water partition coefficient (Wildman–Crippen LogP) is -1.82. The van der Waals surface area contributed by atoms with Crippen molar-refractivity contribution in [2.24, 2.45) is 0 Å². The summed E-state index contributed by atoms with van der Waals surface area (Å²) in [5.41, 5.74) is 7.93. The minimum Gasteiger partial charge on any atom is -0.399 e. The van der Waals surface area contributed by atoms with Gasteiger partial charge in [-0.05, 0) is 12.1 Å². The number of nitrogen functional groups attached to an aromatic ring is 1. The fourth-order valence-corrected chi connectivity index (χ4v) is 2.13. The van der Waals surface area contributed by atoms with E-state index in [9.17, 15) is 0 Å². The molecule has 2 rings (SSSR count). The van der Waals surface area contributed by atoms with E-state index in [1.807, 2.05) is 12.1 Å². The Hall–Kier alpha value is -1.06.